The fourth-order valence-electron chi connectivity index (χ4n) is 6.74. The van der Waals surface area contributed by atoms with E-state index in [9.17, 15) is 0 Å². The van der Waals surface area contributed by atoms with E-state index >= 15 is 0 Å². The zero-order valence-corrected chi connectivity index (χ0v) is 27.4. The van der Waals surface area contributed by atoms with Crippen LogP contribution in [0, 0.1) is 12.3 Å². The second-order valence-corrected chi connectivity index (χ2v) is 12.4. The highest BCUT2D eigenvalue weighted by molar-refractivity contribution is 6.03. The second kappa shape index (κ2) is 13.4. The maximum atomic E-state index is 8.14. The Kier molecular flexibility index (Phi) is 8.55. The topological polar surface area (TPSA) is 39.6 Å². The van der Waals surface area contributed by atoms with Gasteiger partial charge in [-0.05, 0) is 111 Å². The first-order valence-corrected chi connectivity index (χ1v) is 16.4. The second-order valence-electron chi connectivity index (χ2n) is 12.4. The van der Waals surface area contributed by atoms with Crippen molar-refractivity contribution < 1.29 is 0 Å². The van der Waals surface area contributed by atoms with Crippen molar-refractivity contribution in [2.24, 2.45) is 0 Å². The average Bonchev–Trinajstić information content (AvgIpc) is 3.49. The van der Waals surface area contributed by atoms with E-state index < -0.39 is 0 Å². The van der Waals surface area contributed by atoms with E-state index in [1.165, 1.54) is 61.2 Å². The molecule has 0 aliphatic heterocycles. The molecule has 0 atom stereocenters. The molecule has 232 valence electrons. The lowest BCUT2D eigenvalue weighted by molar-refractivity contribution is 1.28. The van der Waals surface area contributed by atoms with E-state index in [1.807, 2.05) is 0 Å². The lowest BCUT2D eigenvalue weighted by Gasteiger charge is -2.16. The molecule has 7 aromatic rings. The molecule has 1 aromatic heterocycles. The van der Waals surface area contributed by atoms with Gasteiger partial charge in [-0.1, -0.05) is 134 Å². The molecule has 0 saturated carbocycles. The highest BCUT2D eigenvalue weighted by Gasteiger charge is 2.14. The number of allylic oxidation sites excluding steroid dienone is 5. The molecule has 1 heterocycles. The van der Waals surface area contributed by atoms with Crippen LogP contribution in [0.5, 0.6) is 0 Å². The maximum absolute atomic E-state index is 8.14. The van der Waals surface area contributed by atoms with Crippen LogP contribution in [-0.2, 0) is 6.42 Å². The van der Waals surface area contributed by atoms with Crippen LogP contribution < -0.4 is 0 Å². The van der Waals surface area contributed by atoms with Gasteiger partial charge >= 0.3 is 0 Å². The Balaban J connectivity index is 1.39. The van der Waals surface area contributed by atoms with Gasteiger partial charge in [0.15, 0.2) is 0 Å². The van der Waals surface area contributed by atoms with E-state index in [0.29, 0.717) is 0 Å². The summed E-state index contributed by atoms with van der Waals surface area (Å²) in [6.07, 6.45) is 10.9. The van der Waals surface area contributed by atoms with E-state index in [-0.39, 0.29) is 0 Å². The predicted octanol–water partition coefficient (Wildman–Crippen LogP) is 12.1. The average molecular weight is 619 g/mol. The Labute approximate surface area is 282 Å². The number of benzene rings is 6. The molecule has 0 bridgehead atoms. The summed E-state index contributed by atoms with van der Waals surface area (Å²) in [5.74, 6) is 0. The molecule has 48 heavy (non-hydrogen) atoms. The number of hydrogen-bond donors (Lipinski definition) is 2. The molecular weight excluding hydrogens is 581 g/mol. The van der Waals surface area contributed by atoms with Crippen LogP contribution in [0.2, 0.25) is 0 Å². The van der Waals surface area contributed by atoms with Gasteiger partial charge in [-0.3, -0.25) is 0 Å². The fraction of sp³-hybridized carbons (Fsp3) is 0.0652. The van der Waals surface area contributed by atoms with Crippen molar-refractivity contribution in [3.8, 4) is 0 Å². The van der Waals surface area contributed by atoms with Crippen molar-refractivity contribution in [1.29, 1.82) is 5.41 Å². The number of fused-ring (bicyclic) bond motifs is 3. The fourth-order valence-corrected chi connectivity index (χ4v) is 6.74. The summed E-state index contributed by atoms with van der Waals surface area (Å²) in [6.45, 7) is 8.37. The smallest absolute Gasteiger partial charge is 0.0474 e. The Bertz CT molecular complexity index is 2430. The van der Waals surface area contributed by atoms with E-state index in [2.05, 4.69) is 171 Å². The molecule has 0 fully saturated rings. The van der Waals surface area contributed by atoms with Crippen LogP contribution in [0.1, 0.15) is 46.0 Å². The molecule has 0 saturated heterocycles. The third-order valence-corrected chi connectivity index (χ3v) is 9.23. The number of H-pyrrole nitrogens is 1. The molecule has 2 N–H and O–H groups in total. The maximum Gasteiger partial charge on any atom is 0.0474 e. The van der Waals surface area contributed by atoms with Crippen molar-refractivity contribution in [3.05, 3.63) is 197 Å². The van der Waals surface area contributed by atoms with Gasteiger partial charge in [-0.25, -0.2) is 0 Å². The number of hydrogen-bond acceptors (Lipinski definition) is 1. The van der Waals surface area contributed by atoms with Gasteiger partial charge in [0.05, 0.1) is 0 Å². The van der Waals surface area contributed by atoms with E-state index in [1.54, 1.807) is 6.08 Å². The van der Waals surface area contributed by atoms with Crippen molar-refractivity contribution in [2.45, 2.75) is 20.3 Å². The number of aromatic nitrogens is 1. The van der Waals surface area contributed by atoms with Crippen LogP contribution >= 0.6 is 0 Å². The Morgan fingerprint density at radius 2 is 1.40 bits per heavy atom. The van der Waals surface area contributed by atoms with E-state index in [0.717, 1.165) is 39.7 Å². The minimum absolute atomic E-state index is 0.818. The summed E-state index contributed by atoms with van der Waals surface area (Å²) in [7, 11) is 0. The molecule has 0 amide bonds. The molecule has 0 radical (unpaired) electrons. The normalized spacial score (nSPS) is 12.6. The van der Waals surface area contributed by atoms with Gasteiger partial charge in [0.25, 0.3) is 0 Å². The van der Waals surface area contributed by atoms with Crippen molar-refractivity contribution in [2.75, 3.05) is 0 Å². The minimum Gasteiger partial charge on any atom is -0.354 e. The van der Waals surface area contributed by atoms with Crippen molar-refractivity contribution in [1.82, 2.24) is 4.98 Å². The molecule has 2 heteroatoms. The SMILES string of the molecule is C=Cc1[nH]c2ccc(C(/C=C\Cc3ccc4ccccc4c3)=C/C(C)=C(\c3ccc4ccccc4c3)c3ccccc3C)cc2c1C=N. The molecular formula is C46H38N2. The van der Waals surface area contributed by atoms with Crippen LogP contribution in [0.3, 0.4) is 0 Å². The van der Waals surface area contributed by atoms with Gasteiger partial charge in [-0.15, -0.1) is 0 Å². The lowest BCUT2D eigenvalue weighted by atomic mass is 9.88. The first-order valence-electron chi connectivity index (χ1n) is 16.4. The standard InChI is InChI=1S/C46H38N2/c1-4-44-43(30-47)42-29-39(24-25-45(42)48-44)36(18-11-13-33-20-21-34-14-6-8-16-37(34)27-33)26-32(3)46(41-19-10-5-12-31(41)2)40-23-22-35-15-7-9-17-38(35)28-40/h4-12,14-30,47-48H,1,13H2,2-3H3/b18-11-,36-26+,46-32+,47-30?. The summed E-state index contributed by atoms with van der Waals surface area (Å²) in [6, 6.07) is 45.7. The predicted molar refractivity (Wildman–Crippen MR) is 208 cm³/mol. The van der Waals surface area contributed by atoms with Gasteiger partial charge in [0.1, 0.15) is 0 Å². The summed E-state index contributed by atoms with van der Waals surface area (Å²) in [5.41, 5.74) is 12.2. The van der Waals surface area contributed by atoms with E-state index in [4.69, 9.17) is 5.41 Å². The zero-order valence-electron chi connectivity index (χ0n) is 27.4. The van der Waals surface area contributed by atoms with Crippen LogP contribution in [0.15, 0.2) is 158 Å². The van der Waals surface area contributed by atoms with Crippen molar-refractivity contribution >= 4 is 55.9 Å². The third-order valence-electron chi connectivity index (χ3n) is 9.23. The molecule has 0 spiro atoms. The van der Waals surface area contributed by atoms with Gasteiger partial charge < -0.3 is 10.4 Å². The molecule has 2 nitrogen and oxygen atoms in total. The summed E-state index contributed by atoms with van der Waals surface area (Å²) in [5, 5.41) is 14.1. The summed E-state index contributed by atoms with van der Waals surface area (Å²) in [4.78, 5) is 3.42. The minimum atomic E-state index is 0.818. The summed E-state index contributed by atoms with van der Waals surface area (Å²) >= 11 is 0. The first-order chi connectivity index (χ1) is 23.5. The molecule has 6 aromatic carbocycles. The van der Waals surface area contributed by atoms with Gasteiger partial charge in [-0.2, -0.15) is 0 Å². The van der Waals surface area contributed by atoms with Crippen molar-refractivity contribution in [3.63, 3.8) is 0 Å². The Morgan fingerprint density at radius 1 is 0.729 bits per heavy atom. The zero-order chi connectivity index (χ0) is 33.0. The Hall–Kier alpha value is -5.99. The number of rotatable bonds is 9. The third kappa shape index (κ3) is 6.09. The highest BCUT2D eigenvalue weighted by atomic mass is 14.7. The molecule has 0 unspecified atom stereocenters. The number of aryl methyl sites for hydroxylation is 1. The molecule has 7 rings (SSSR count). The number of nitrogens with one attached hydrogen (secondary N) is 2. The quantitative estimate of drug-likeness (QED) is 0.119. The first kappa shape index (κ1) is 30.7. The highest BCUT2D eigenvalue weighted by Crippen LogP contribution is 2.34. The largest absolute Gasteiger partial charge is 0.354 e. The lowest BCUT2D eigenvalue weighted by Crippen LogP contribution is -1.95. The van der Waals surface area contributed by atoms with Crippen LogP contribution in [0.4, 0.5) is 0 Å². The Morgan fingerprint density at radius 3 is 2.12 bits per heavy atom. The van der Waals surface area contributed by atoms with Gasteiger partial charge in [0.2, 0.25) is 0 Å². The van der Waals surface area contributed by atoms with Gasteiger partial charge in [0, 0.05) is 28.4 Å². The monoisotopic (exact) mass is 618 g/mol. The molecule has 0 aliphatic rings. The molecule has 0 aliphatic carbocycles. The van der Waals surface area contributed by atoms with Crippen LogP contribution in [-0.4, -0.2) is 11.2 Å². The van der Waals surface area contributed by atoms with Crippen LogP contribution in [0.25, 0.3) is 49.7 Å². The number of aromatic amines is 1. The summed E-state index contributed by atoms with van der Waals surface area (Å²) < 4.78 is 0.